The lowest BCUT2D eigenvalue weighted by atomic mass is 10.1. The molecule has 0 aliphatic rings. The summed E-state index contributed by atoms with van der Waals surface area (Å²) >= 11 is 5.81. The summed E-state index contributed by atoms with van der Waals surface area (Å²) in [5.74, 6) is -0.419. The molecule has 0 amide bonds. The van der Waals surface area contributed by atoms with Crippen molar-refractivity contribution in [3.05, 3.63) is 34.1 Å². The molecule has 0 heterocycles. The maximum atomic E-state index is 13.5. The second-order valence-corrected chi connectivity index (χ2v) is 4.39. The normalized spacial score (nSPS) is 11.2. The van der Waals surface area contributed by atoms with Crippen LogP contribution in [0, 0.1) is 5.82 Å². The smallest absolute Gasteiger partial charge is 0.146 e. The number of rotatable bonds is 6. The van der Waals surface area contributed by atoms with Gasteiger partial charge in [-0.25, -0.2) is 4.39 Å². The standard InChI is InChI=1S/C12H18ClFN2O/c1-16(3-4-17-2)8-9-5-10(7-15)12(14)11(13)6-9/h5-6H,3-4,7-8,15H2,1-2H3. The third-order valence-corrected chi connectivity index (χ3v) is 2.79. The van der Waals surface area contributed by atoms with Crippen molar-refractivity contribution >= 4 is 11.6 Å². The van der Waals surface area contributed by atoms with E-state index >= 15 is 0 Å². The quantitative estimate of drug-likeness (QED) is 0.851. The Morgan fingerprint density at radius 3 is 2.76 bits per heavy atom. The number of nitrogens with two attached hydrogens (primary N) is 1. The van der Waals surface area contributed by atoms with Crippen LogP contribution in [0.5, 0.6) is 0 Å². The van der Waals surface area contributed by atoms with Crippen molar-refractivity contribution < 1.29 is 9.13 Å². The first kappa shape index (κ1) is 14.4. The average Bonchev–Trinajstić information content (AvgIpc) is 2.31. The fourth-order valence-electron chi connectivity index (χ4n) is 1.59. The topological polar surface area (TPSA) is 38.5 Å². The Hall–Kier alpha value is -0.680. The van der Waals surface area contributed by atoms with Crippen LogP contribution in [0.15, 0.2) is 12.1 Å². The van der Waals surface area contributed by atoms with Crippen molar-refractivity contribution in [2.75, 3.05) is 27.3 Å². The van der Waals surface area contributed by atoms with Crippen LogP contribution in [0.2, 0.25) is 5.02 Å². The molecule has 0 aromatic heterocycles. The van der Waals surface area contributed by atoms with E-state index in [0.29, 0.717) is 18.7 Å². The first-order valence-electron chi connectivity index (χ1n) is 5.42. The van der Waals surface area contributed by atoms with Gasteiger partial charge in [0.2, 0.25) is 0 Å². The summed E-state index contributed by atoms with van der Waals surface area (Å²) in [6.45, 7) is 2.32. The Morgan fingerprint density at radius 2 is 2.18 bits per heavy atom. The van der Waals surface area contributed by atoms with Gasteiger partial charge in [0.05, 0.1) is 11.6 Å². The predicted octanol–water partition coefficient (Wildman–Crippen LogP) is 2.02. The van der Waals surface area contributed by atoms with Gasteiger partial charge in [-0.05, 0) is 18.7 Å². The Bertz CT molecular complexity index is 374. The molecule has 0 saturated carbocycles. The highest BCUT2D eigenvalue weighted by Crippen LogP contribution is 2.21. The molecule has 17 heavy (non-hydrogen) atoms. The lowest BCUT2D eigenvalue weighted by Gasteiger charge is -2.17. The van der Waals surface area contributed by atoms with Crippen LogP contribution in [0.25, 0.3) is 0 Å². The highest BCUT2D eigenvalue weighted by Gasteiger charge is 2.09. The Labute approximate surface area is 106 Å². The summed E-state index contributed by atoms with van der Waals surface area (Å²) in [5, 5.41) is 0.128. The van der Waals surface area contributed by atoms with Crippen LogP contribution in [0.1, 0.15) is 11.1 Å². The van der Waals surface area contributed by atoms with Crippen LogP contribution in [0.3, 0.4) is 0 Å². The molecule has 5 heteroatoms. The van der Waals surface area contributed by atoms with Crippen LogP contribution < -0.4 is 5.73 Å². The fraction of sp³-hybridized carbons (Fsp3) is 0.500. The molecule has 1 aromatic carbocycles. The molecule has 0 bridgehead atoms. The molecule has 0 atom stereocenters. The average molecular weight is 261 g/mol. The van der Waals surface area contributed by atoms with E-state index in [0.717, 1.165) is 12.1 Å². The Morgan fingerprint density at radius 1 is 1.47 bits per heavy atom. The van der Waals surface area contributed by atoms with Crippen molar-refractivity contribution in [3.63, 3.8) is 0 Å². The summed E-state index contributed by atoms with van der Waals surface area (Å²) < 4.78 is 18.5. The van der Waals surface area contributed by atoms with Crippen LogP contribution in [-0.4, -0.2) is 32.2 Å². The molecule has 3 nitrogen and oxygen atoms in total. The van der Waals surface area contributed by atoms with E-state index in [2.05, 4.69) is 4.90 Å². The Kier molecular flexibility index (Phi) is 5.85. The highest BCUT2D eigenvalue weighted by atomic mass is 35.5. The number of hydrogen-bond donors (Lipinski definition) is 1. The molecule has 0 spiro atoms. The second-order valence-electron chi connectivity index (χ2n) is 3.99. The second kappa shape index (κ2) is 6.91. The maximum absolute atomic E-state index is 13.5. The summed E-state index contributed by atoms with van der Waals surface area (Å²) in [7, 11) is 3.63. The van der Waals surface area contributed by atoms with Crippen molar-refractivity contribution in [1.29, 1.82) is 0 Å². The van der Waals surface area contributed by atoms with Gasteiger partial charge in [0.25, 0.3) is 0 Å². The molecule has 0 fully saturated rings. The number of ether oxygens (including phenoxy) is 1. The highest BCUT2D eigenvalue weighted by molar-refractivity contribution is 6.30. The van der Waals surface area contributed by atoms with E-state index in [-0.39, 0.29) is 11.6 Å². The van der Waals surface area contributed by atoms with Crippen LogP contribution in [-0.2, 0) is 17.8 Å². The van der Waals surface area contributed by atoms with Crippen LogP contribution >= 0.6 is 11.6 Å². The minimum atomic E-state index is -0.419. The molecule has 0 radical (unpaired) electrons. The lowest BCUT2D eigenvalue weighted by molar-refractivity contribution is 0.158. The zero-order valence-electron chi connectivity index (χ0n) is 10.2. The van der Waals surface area contributed by atoms with Crippen molar-refractivity contribution in [2.24, 2.45) is 5.73 Å². The third-order valence-electron chi connectivity index (χ3n) is 2.51. The number of nitrogens with zero attached hydrogens (tertiary/aromatic N) is 1. The molecular weight excluding hydrogens is 243 g/mol. The van der Waals surface area contributed by atoms with Crippen molar-refractivity contribution in [3.8, 4) is 0 Å². The largest absolute Gasteiger partial charge is 0.383 e. The van der Waals surface area contributed by atoms with Gasteiger partial charge in [0.1, 0.15) is 5.82 Å². The minimum Gasteiger partial charge on any atom is -0.383 e. The summed E-state index contributed by atoms with van der Waals surface area (Å²) in [6.07, 6.45) is 0. The molecule has 0 unspecified atom stereocenters. The SMILES string of the molecule is COCCN(C)Cc1cc(Cl)c(F)c(CN)c1. The molecule has 96 valence electrons. The molecule has 0 saturated heterocycles. The van der Waals surface area contributed by atoms with E-state index in [4.69, 9.17) is 22.1 Å². The maximum Gasteiger partial charge on any atom is 0.146 e. The fourth-order valence-corrected chi connectivity index (χ4v) is 1.85. The molecule has 2 N–H and O–H groups in total. The number of benzene rings is 1. The van der Waals surface area contributed by atoms with Gasteiger partial charge in [0, 0.05) is 32.3 Å². The molecule has 0 aliphatic carbocycles. The van der Waals surface area contributed by atoms with Gasteiger partial charge in [-0.1, -0.05) is 17.7 Å². The van der Waals surface area contributed by atoms with Crippen molar-refractivity contribution in [2.45, 2.75) is 13.1 Å². The molecular formula is C12H18ClFN2O. The third kappa shape index (κ3) is 4.24. The molecule has 1 aromatic rings. The Balaban J connectivity index is 2.74. The number of methoxy groups -OCH3 is 1. The van der Waals surface area contributed by atoms with Gasteiger partial charge in [-0.2, -0.15) is 0 Å². The molecule has 1 rings (SSSR count). The number of hydrogen-bond acceptors (Lipinski definition) is 3. The van der Waals surface area contributed by atoms with E-state index < -0.39 is 5.82 Å². The van der Waals surface area contributed by atoms with E-state index in [9.17, 15) is 4.39 Å². The van der Waals surface area contributed by atoms with E-state index in [1.54, 1.807) is 19.2 Å². The summed E-state index contributed by atoms with van der Waals surface area (Å²) in [4.78, 5) is 2.08. The van der Waals surface area contributed by atoms with Gasteiger partial charge in [0.15, 0.2) is 0 Å². The van der Waals surface area contributed by atoms with E-state index in [1.165, 1.54) is 0 Å². The summed E-state index contributed by atoms with van der Waals surface area (Å²) in [6, 6.07) is 3.39. The van der Waals surface area contributed by atoms with E-state index in [1.807, 2.05) is 7.05 Å². The molecule has 0 aliphatic heterocycles. The first-order valence-corrected chi connectivity index (χ1v) is 5.80. The predicted molar refractivity (Wildman–Crippen MR) is 67.5 cm³/mol. The van der Waals surface area contributed by atoms with Crippen molar-refractivity contribution in [1.82, 2.24) is 4.90 Å². The lowest BCUT2D eigenvalue weighted by Crippen LogP contribution is -2.22. The number of likely N-dealkylation sites (N-methyl/N-ethyl adjacent to an activating group) is 1. The van der Waals surface area contributed by atoms with Crippen LogP contribution in [0.4, 0.5) is 4.39 Å². The minimum absolute atomic E-state index is 0.128. The first-order chi connectivity index (χ1) is 8.08. The summed E-state index contributed by atoms with van der Waals surface area (Å²) in [5.41, 5.74) is 6.87. The monoisotopic (exact) mass is 260 g/mol. The van der Waals surface area contributed by atoms with Gasteiger partial charge in [-0.3, -0.25) is 4.90 Å². The van der Waals surface area contributed by atoms with Gasteiger partial charge >= 0.3 is 0 Å². The zero-order valence-corrected chi connectivity index (χ0v) is 10.9. The van der Waals surface area contributed by atoms with Gasteiger partial charge < -0.3 is 10.5 Å². The zero-order chi connectivity index (χ0) is 12.8. The number of halogens is 2. The van der Waals surface area contributed by atoms with Gasteiger partial charge in [-0.15, -0.1) is 0 Å².